The van der Waals surface area contributed by atoms with E-state index in [1.54, 1.807) is 10.8 Å². The van der Waals surface area contributed by atoms with E-state index in [0.29, 0.717) is 54.4 Å². The maximum Gasteiger partial charge on any atom is 0.350 e. The number of nitrogens with one attached hydrogen (secondary N) is 1. The second-order valence-electron chi connectivity index (χ2n) is 7.05. The van der Waals surface area contributed by atoms with Crippen LogP contribution in [0.25, 0.3) is 0 Å². The van der Waals surface area contributed by atoms with Crippen LogP contribution in [0.4, 0.5) is 11.5 Å². The van der Waals surface area contributed by atoms with E-state index in [-0.39, 0.29) is 11.7 Å². The quantitative estimate of drug-likeness (QED) is 0.629. The van der Waals surface area contributed by atoms with Crippen molar-refractivity contribution >= 4 is 11.5 Å². The molecule has 0 amide bonds. The van der Waals surface area contributed by atoms with E-state index in [4.69, 9.17) is 20.9 Å². The van der Waals surface area contributed by atoms with Crippen molar-refractivity contribution in [3.05, 3.63) is 34.9 Å². The number of hydrogen-bond acceptors (Lipinski definition) is 7. The summed E-state index contributed by atoms with van der Waals surface area (Å²) in [5.74, 6) is 2.76. The summed E-state index contributed by atoms with van der Waals surface area (Å²) in [5.41, 5.74) is 11.7. The molecule has 8 heteroatoms. The highest BCUT2D eigenvalue weighted by Crippen LogP contribution is 2.45. The van der Waals surface area contributed by atoms with Crippen LogP contribution in [0.1, 0.15) is 31.7 Å². The fourth-order valence-electron chi connectivity index (χ4n) is 3.78. The van der Waals surface area contributed by atoms with E-state index < -0.39 is 0 Å². The minimum atomic E-state index is -0.273. The van der Waals surface area contributed by atoms with Crippen LogP contribution in [0.3, 0.4) is 0 Å². The van der Waals surface area contributed by atoms with Gasteiger partial charge < -0.3 is 26.3 Å². The second-order valence-corrected chi connectivity index (χ2v) is 7.05. The van der Waals surface area contributed by atoms with Gasteiger partial charge in [-0.15, -0.1) is 0 Å². The number of para-hydroxylation sites is 1. The third kappa shape index (κ3) is 3.50. The van der Waals surface area contributed by atoms with E-state index in [9.17, 15) is 4.79 Å². The molecule has 8 nitrogen and oxygen atoms in total. The summed E-state index contributed by atoms with van der Waals surface area (Å²) in [4.78, 5) is 16.8. The average molecular weight is 371 g/mol. The number of fused-ring (bicyclic) bond motifs is 2. The standard InChI is InChI=1S/C19H25N5O3/c20-8-9-26-14-2-1-3-15-17(14)22-18-16(27-15)11-24(19(25)23-18)13-6-4-12(10-21)5-7-13/h1-3,11-13H,4-10,20-21H2,(H,22,23,25)/t12-,13-. The van der Waals surface area contributed by atoms with E-state index in [1.165, 1.54) is 0 Å². The number of nitrogens with two attached hydrogens (primary N) is 2. The first-order valence-corrected chi connectivity index (χ1v) is 9.43. The molecule has 0 unspecified atom stereocenters. The van der Waals surface area contributed by atoms with Crippen LogP contribution in [0.15, 0.2) is 29.2 Å². The zero-order valence-corrected chi connectivity index (χ0v) is 15.2. The van der Waals surface area contributed by atoms with Crippen molar-refractivity contribution in [2.24, 2.45) is 17.4 Å². The summed E-state index contributed by atoms with van der Waals surface area (Å²) in [5, 5.41) is 3.17. The molecule has 0 atom stereocenters. The summed E-state index contributed by atoms with van der Waals surface area (Å²) in [6.45, 7) is 1.52. The third-order valence-corrected chi connectivity index (χ3v) is 5.29. The van der Waals surface area contributed by atoms with E-state index >= 15 is 0 Å². The Kier molecular flexibility index (Phi) is 5.00. The minimum Gasteiger partial charge on any atom is -0.490 e. The molecular weight excluding hydrogens is 346 g/mol. The Bertz CT molecular complexity index is 874. The molecule has 2 aliphatic rings. The van der Waals surface area contributed by atoms with Gasteiger partial charge in [0.2, 0.25) is 0 Å². The molecule has 1 aromatic heterocycles. The molecule has 1 fully saturated rings. The molecule has 2 aromatic rings. The highest BCUT2D eigenvalue weighted by atomic mass is 16.5. The maximum absolute atomic E-state index is 12.6. The van der Waals surface area contributed by atoms with Gasteiger partial charge in [0.1, 0.15) is 18.0 Å². The lowest BCUT2D eigenvalue weighted by Crippen LogP contribution is -2.31. The minimum absolute atomic E-state index is 0.141. The highest BCUT2D eigenvalue weighted by molar-refractivity contribution is 5.77. The SMILES string of the molecule is NCCOc1cccc2c1Nc1nc(=O)n([C@H]3CC[C@H](CN)CC3)cc1O2. The van der Waals surface area contributed by atoms with Gasteiger partial charge in [-0.25, -0.2) is 4.79 Å². The van der Waals surface area contributed by atoms with E-state index in [0.717, 1.165) is 25.7 Å². The average Bonchev–Trinajstić information content (AvgIpc) is 2.70. The first-order chi connectivity index (χ1) is 13.2. The Hall–Kier alpha value is -2.58. The molecule has 0 radical (unpaired) electrons. The summed E-state index contributed by atoms with van der Waals surface area (Å²) in [7, 11) is 0. The van der Waals surface area contributed by atoms with Crippen molar-refractivity contribution in [3.63, 3.8) is 0 Å². The summed E-state index contributed by atoms with van der Waals surface area (Å²) >= 11 is 0. The van der Waals surface area contributed by atoms with Crippen molar-refractivity contribution in [2.75, 3.05) is 25.0 Å². The molecular formula is C19H25N5O3. The first kappa shape index (κ1) is 17.8. The van der Waals surface area contributed by atoms with Crippen molar-refractivity contribution in [1.82, 2.24) is 9.55 Å². The molecule has 4 rings (SSSR count). The van der Waals surface area contributed by atoms with Crippen molar-refractivity contribution in [3.8, 4) is 17.2 Å². The highest BCUT2D eigenvalue weighted by Gasteiger charge is 2.26. The molecule has 0 bridgehead atoms. The molecule has 144 valence electrons. The van der Waals surface area contributed by atoms with Gasteiger partial charge in [0, 0.05) is 12.6 Å². The van der Waals surface area contributed by atoms with Crippen molar-refractivity contribution < 1.29 is 9.47 Å². The molecule has 0 saturated heterocycles. The summed E-state index contributed by atoms with van der Waals surface area (Å²) < 4.78 is 13.4. The van der Waals surface area contributed by atoms with Gasteiger partial charge >= 0.3 is 5.69 Å². The Balaban J connectivity index is 1.60. The Morgan fingerprint density at radius 1 is 1.22 bits per heavy atom. The Morgan fingerprint density at radius 2 is 2.04 bits per heavy atom. The Morgan fingerprint density at radius 3 is 2.78 bits per heavy atom. The fraction of sp³-hybridized carbons (Fsp3) is 0.474. The number of anilines is 2. The maximum atomic E-state index is 12.6. The number of benzene rings is 1. The normalized spacial score (nSPS) is 20.8. The molecule has 0 spiro atoms. The predicted molar refractivity (Wildman–Crippen MR) is 103 cm³/mol. The van der Waals surface area contributed by atoms with Crippen LogP contribution in [0.5, 0.6) is 17.2 Å². The van der Waals surface area contributed by atoms with Crippen LogP contribution >= 0.6 is 0 Å². The zero-order valence-electron chi connectivity index (χ0n) is 15.2. The third-order valence-electron chi connectivity index (χ3n) is 5.29. The lowest BCUT2D eigenvalue weighted by Gasteiger charge is -2.30. The molecule has 5 N–H and O–H groups in total. The largest absolute Gasteiger partial charge is 0.490 e. The van der Waals surface area contributed by atoms with Crippen molar-refractivity contribution in [1.29, 1.82) is 0 Å². The second kappa shape index (κ2) is 7.58. The monoisotopic (exact) mass is 371 g/mol. The number of aromatic nitrogens is 2. The topological polar surface area (TPSA) is 117 Å². The summed E-state index contributed by atoms with van der Waals surface area (Å²) in [6.07, 6.45) is 5.71. The van der Waals surface area contributed by atoms with E-state index in [1.807, 2.05) is 18.2 Å². The number of nitrogens with zero attached hydrogens (tertiary/aromatic N) is 2. The zero-order chi connectivity index (χ0) is 18.8. The molecule has 27 heavy (non-hydrogen) atoms. The first-order valence-electron chi connectivity index (χ1n) is 9.43. The number of rotatable bonds is 5. The fourth-order valence-corrected chi connectivity index (χ4v) is 3.78. The van der Waals surface area contributed by atoms with Crippen LogP contribution in [0, 0.1) is 5.92 Å². The predicted octanol–water partition coefficient (Wildman–Crippen LogP) is 2.12. The molecule has 1 aliphatic heterocycles. The smallest absolute Gasteiger partial charge is 0.350 e. The van der Waals surface area contributed by atoms with Gasteiger partial charge in [0.05, 0.1) is 6.20 Å². The van der Waals surface area contributed by atoms with E-state index in [2.05, 4.69) is 10.3 Å². The molecule has 1 saturated carbocycles. The molecule has 1 aliphatic carbocycles. The van der Waals surface area contributed by atoms with Crippen LogP contribution < -0.4 is 31.9 Å². The van der Waals surface area contributed by atoms with Crippen LogP contribution in [-0.4, -0.2) is 29.2 Å². The van der Waals surface area contributed by atoms with Gasteiger partial charge in [-0.2, -0.15) is 4.98 Å². The van der Waals surface area contributed by atoms with Gasteiger partial charge in [0.25, 0.3) is 0 Å². The summed E-state index contributed by atoms with van der Waals surface area (Å²) in [6, 6.07) is 5.67. The van der Waals surface area contributed by atoms with Gasteiger partial charge in [-0.3, -0.25) is 4.57 Å². The lowest BCUT2D eigenvalue weighted by molar-refractivity contribution is 0.271. The molecule has 1 aromatic carbocycles. The molecule has 2 heterocycles. The number of ether oxygens (including phenoxy) is 2. The number of hydrogen-bond donors (Lipinski definition) is 3. The van der Waals surface area contributed by atoms with Gasteiger partial charge in [-0.1, -0.05) is 6.07 Å². The van der Waals surface area contributed by atoms with Gasteiger partial charge in [-0.05, 0) is 50.3 Å². The Labute approximate surface area is 157 Å². The van der Waals surface area contributed by atoms with Crippen LogP contribution in [-0.2, 0) is 0 Å². The van der Waals surface area contributed by atoms with Crippen LogP contribution in [0.2, 0.25) is 0 Å². The van der Waals surface area contributed by atoms with Gasteiger partial charge in [0.15, 0.2) is 17.3 Å². The lowest BCUT2D eigenvalue weighted by atomic mass is 9.86. The van der Waals surface area contributed by atoms with Crippen molar-refractivity contribution in [2.45, 2.75) is 31.7 Å².